The van der Waals surface area contributed by atoms with Crippen LogP contribution in [0.2, 0.25) is 5.02 Å². The first-order valence-corrected chi connectivity index (χ1v) is 13.6. The third kappa shape index (κ3) is 5.36. The summed E-state index contributed by atoms with van der Waals surface area (Å²) in [4.78, 5) is 39.7. The van der Waals surface area contributed by atoms with Gasteiger partial charge < -0.3 is 20.2 Å². The Morgan fingerprint density at radius 1 is 1.00 bits per heavy atom. The number of hydrogen-bond donors (Lipinski definition) is 2. The quantitative estimate of drug-likeness (QED) is 0.482. The van der Waals surface area contributed by atoms with Crippen molar-refractivity contribution in [2.75, 3.05) is 62.2 Å². The Bertz CT molecular complexity index is 1480. The summed E-state index contributed by atoms with van der Waals surface area (Å²) in [5.41, 5.74) is 1.16. The molecule has 3 aromatic rings. The second-order valence-electron chi connectivity index (χ2n) is 10.3. The van der Waals surface area contributed by atoms with E-state index in [0.29, 0.717) is 60.9 Å². The van der Waals surface area contributed by atoms with E-state index >= 15 is 0 Å². The number of hydrogen-bond acceptors (Lipinski definition) is 7. The van der Waals surface area contributed by atoms with Gasteiger partial charge in [-0.2, -0.15) is 13.2 Å². The van der Waals surface area contributed by atoms with Gasteiger partial charge in [0.1, 0.15) is 5.82 Å². The number of rotatable bonds is 4. The van der Waals surface area contributed by atoms with Crippen LogP contribution in [-0.4, -0.2) is 101 Å². The van der Waals surface area contributed by atoms with Crippen molar-refractivity contribution in [3.63, 3.8) is 0 Å². The van der Waals surface area contributed by atoms with Gasteiger partial charge in [0, 0.05) is 74.0 Å². The number of aliphatic hydroxyl groups excluding tert-OH is 1. The highest BCUT2D eigenvalue weighted by molar-refractivity contribution is 6.30. The minimum Gasteiger partial charge on any atom is -0.390 e. The van der Waals surface area contributed by atoms with Crippen LogP contribution in [0.15, 0.2) is 42.5 Å². The van der Waals surface area contributed by atoms with Crippen LogP contribution in [0.3, 0.4) is 0 Å². The fourth-order valence-electron chi connectivity index (χ4n) is 5.69. The maximum atomic E-state index is 13.7. The number of fused-ring (bicyclic) bond motifs is 1. The monoisotopic (exact) mass is 589 g/mol. The number of nitrogens with zero attached hydrogens (tertiary/aromatic N) is 6. The fourth-order valence-corrected chi connectivity index (χ4v) is 5.81. The molecule has 0 bridgehead atoms. The number of carbonyl (C=O) groups excluding carboxylic acids is 2. The van der Waals surface area contributed by atoms with E-state index in [2.05, 4.69) is 20.2 Å². The summed E-state index contributed by atoms with van der Waals surface area (Å²) in [6.45, 7) is 3.10. The van der Waals surface area contributed by atoms with Gasteiger partial charge in [-0.3, -0.25) is 14.6 Å². The van der Waals surface area contributed by atoms with E-state index in [1.165, 1.54) is 11.0 Å². The number of aromatic nitrogens is 2. The molecule has 3 amide bonds. The van der Waals surface area contributed by atoms with Crippen molar-refractivity contribution in [3.8, 4) is 0 Å². The third-order valence-electron chi connectivity index (χ3n) is 7.80. The molecule has 3 saturated heterocycles. The van der Waals surface area contributed by atoms with Crippen molar-refractivity contribution >= 4 is 45.9 Å². The molecule has 3 aliphatic rings. The Morgan fingerprint density at radius 2 is 1.73 bits per heavy atom. The highest BCUT2D eigenvalue weighted by Gasteiger charge is 2.41. The maximum Gasteiger partial charge on any atom is 0.451 e. The molecule has 0 unspecified atom stereocenters. The van der Waals surface area contributed by atoms with Crippen LogP contribution >= 0.6 is 11.6 Å². The van der Waals surface area contributed by atoms with E-state index in [0.717, 1.165) is 0 Å². The first kappa shape index (κ1) is 27.5. The van der Waals surface area contributed by atoms with Crippen molar-refractivity contribution in [1.29, 1.82) is 0 Å². The van der Waals surface area contributed by atoms with Crippen LogP contribution in [0.5, 0.6) is 0 Å². The molecule has 0 radical (unpaired) electrons. The Hall–Kier alpha value is -3.68. The lowest BCUT2D eigenvalue weighted by Crippen LogP contribution is -2.54. The van der Waals surface area contributed by atoms with E-state index < -0.39 is 18.1 Å². The van der Waals surface area contributed by atoms with Crippen LogP contribution in [-0.2, 0) is 6.18 Å². The van der Waals surface area contributed by atoms with Crippen LogP contribution in [0.25, 0.3) is 10.9 Å². The molecule has 2 N–H and O–H groups in total. The average Bonchev–Trinajstić information content (AvgIpc) is 3.57. The summed E-state index contributed by atoms with van der Waals surface area (Å²) in [6.07, 6.45) is -5.61. The molecule has 3 fully saturated rings. The first-order valence-electron chi connectivity index (χ1n) is 13.2. The number of piperazine rings is 1. The molecule has 2 atom stereocenters. The smallest absolute Gasteiger partial charge is 0.390 e. The van der Waals surface area contributed by atoms with E-state index in [1.54, 1.807) is 46.2 Å². The Morgan fingerprint density at radius 3 is 2.39 bits per heavy atom. The van der Waals surface area contributed by atoms with Gasteiger partial charge in [0.05, 0.1) is 17.7 Å². The van der Waals surface area contributed by atoms with Gasteiger partial charge in [0.2, 0.25) is 5.82 Å². The van der Waals surface area contributed by atoms with Crippen molar-refractivity contribution in [2.45, 2.75) is 18.3 Å². The number of carbonyl (C=O) groups is 2. The second-order valence-corrected chi connectivity index (χ2v) is 10.8. The first-order chi connectivity index (χ1) is 19.6. The van der Waals surface area contributed by atoms with Gasteiger partial charge in [-0.1, -0.05) is 11.6 Å². The third-order valence-corrected chi connectivity index (χ3v) is 8.05. The summed E-state index contributed by atoms with van der Waals surface area (Å²) < 4.78 is 41.2. The largest absolute Gasteiger partial charge is 0.451 e. The average molecular weight is 590 g/mol. The van der Waals surface area contributed by atoms with Crippen molar-refractivity contribution < 1.29 is 27.9 Å². The summed E-state index contributed by atoms with van der Waals surface area (Å²) >= 11 is 5.93. The van der Waals surface area contributed by atoms with Crippen molar-refractivity contribution in [2.24, 2.45) is 0 Å². The molecule has 4 heterocycles. The predicted octanol–water partition coefficient (Wildman–Crippen LogP) is 2.84. The molecule has 216 valence electrons. The molecule has 1 aromatic heterocycles. The minimum atomic E-state index is -4.76. The SMILES string of the molecule is O=C(c1ccc(Cl)cc1)N1CCN([C@H]2CN(c3nc(C(F)(F)F)nc4ccc(N5CCNC5=O)cc34)C[C@@H]2O)CC1. The topological polar surface area (TPSA) is 105 Å². The van der Waals surface area contributed by atoms with Gasteiger partial charge >= 0.3 is 12.2 Å². The van der Waals surface area contributed by atoms with Crippen LogP contribution in [0.4, 0.5) is 29.5 Å². The fraction of sp³-hybridized carbons (Fsp3) is 0.407. The molecule has 41 heavy (non-hydrogen) atoms. The van der Waals surface area contributed by atoms with E-state index in [4.69, 9.17) is 11.6 Å². The van der Waals surface area contributed by atoms with E-state index in [1.807, 2.05) is 0 Å². The van der Waals surface area contributed by atoms with Gasteiger partial charge in [0.15, 0.2) is 0 Å². The van der Waals surface area contributed by atoms with Gasteiger partial charge in [0.25, 0.3) is 5.91 Å². The molecule has 2 aromatic carbocycles. The highest BCUT2D eigenvalue weighted by Crippen LogP contribution is 2.35. The highest BCUT2D eigenvalue weighted by atomic mass is 35.5. The number of urea groups is 1. The molecule has 10 nitrogen and oxygen atoms in total. The summed E-state index contributed by atoms with van der Waals surface area (Å²) in [7, 11) is 0. The van der Waals surface area contributed by atoms with Crippen molar-refractivity contribution in [3.05, 3.63) is 58.9 Å². The van der Waals surface area contributed by atoms with E-state index in [9.17, 15) is 27.9 Å². The van der Waals surface area contributed by atoms with Gasteiger partial charge in [-0.15, -0.1) is 0 Å². The van der Waals surface area contributed by atoms with Crippen LogP contribution in [0.1, 0.15) is 16.2 Å². The molecule has 3 aliphatic heterocycles. The number of anilines is 2. The zero-order valence-corrected chi connectivity index (χ0v) is 22.6. The zero-order valence-electron chi connectivity index (χ0n) is 21.8. The maximum absolute atomic E-state index is 13.7. The van der Waals surface area contributed by atoms with Crippen LogP contribution in [0, 0.1) is 0 Å². The molecule has 6 rings (SSSR count). The summed E-state index contributed by atoms with van der Waals surface area (Å²) in [5, 5.41) is 14.6. The minimum absolute atomic E-state index is 0.0573. The lowest BCUT2D eigenvalue weighted by molar-refractivity contribution is -0.144. The molecular weight excluding hydrogens is 563 g/mol. The molecule has 14 heteroatoms. The number of halogens is 4. The number of nitrogens with one attached hydrogen (secondary N) is 1. The Kier molecular flexibility index (Phi) is 7.12. The lowest BCUT2D eigenvalue weighted by Gasteiger charge is -2.38. The number of benzene rings is 2. The Labute approximate surface area is 238 Å². The number of alkyl halides is 3. The number of amides is 3. The molecular formula is C27H27ClF3N7O3. The normalized spacial score (nSPS) is 22.1. The van der Waals surface area contributed by atoms with Crippen molar-refractivity contribution in [1.82, 2.24) is 25.1 Å². The summed E-state index contributed by atoms with van der Waals surface area (Å²) in [6, 6.07) is 10.7. The Balaban J connectivity index is 1.23. The van der Waals surface area contributed by atoms with Crippen LogP contribution < -0.4 is 15.1 Å². The lowest BCUT2D eigenvalue weighted by atomic mass is 10.1. The standard InChI is InChI=1S/C27H27ClF3N7O3/c28-17-3-1-16(2-4-17)24(40)36-11-9-35(10-12-36)21-14-37(15-22(21)39)23-19-13-18(38-8-7-32-26(38)41)5-6-20(19)33-25(34-23)27(29,30)31/h1-6,13,21-22,39H,7-12,14-15H2,(H,32,41)/t21-,22-/m0/s1. The summed E-state index contributed by atoms with van der Waals surface area (Å²) in [5.74, 6) is -1.31. The molecule has 0 aliphatic carbocycles. The van der Waals surface area contributed by atoms with E-state index in [-0.39, 0.29) is 42.4 Å². The number of β-amino-alcohol motifs (C(OH)–C–C–N with tert-alkyl or cyclic N) is 1. The predicted molar refractivity (Wildman–Crippen MR) is 146 cm³/mol. The van der Waals surface area contributed by atoms with Gasteiger partial charge in [-0.25, -0.2) is 14.8 Å². The number of aliphatic hydroxyl groups is 1. The molecule has 0 saturated carbocycles. The zero-order chi connectivity index (χ0) is 28.9. The second kappa shape index (κ2) is 10.6. The molecule has 0 spiro atoms. The van der Waals surface area contributed by atoms with Gasteiger partial charge in [-0.05, 0) is 42.5 Å².